The lowest BCUT2D eigenvalue weighted by Gasteiger charge is -2.21. The number of hydrogen-bond acceptors (Lipinski definition) is 2. The summed E-state index contributed by atoms with van der Waals surface area (Å²) in [5, 5.41) is 11.5. The molecule has 2 rings (SSSR count). The average Bonchev–Trinajstić information content (AvgIpc) is 3.22. The van der Waals surface area contributed by atoms with E-state index in [0.717, 1.165) is 12.8 Å². The number of anilines is 1. The first-order chi connectivity index (χ1) is 9.60. The Morgan fingerprint density at radius 2 is 2.00 bits per heavy atom. The van der Waals surface area contributed by atoms with Crippen molar-refractivity contribution in [3.05, 3.63) is 42.5 Å². The third-order valence-electron chi connectivity index (χ3n) is 3.13. The van der Waals surface area contributed by atoms with Gasteiger partial charge in [0.05, 0.1) is 6.42 Å². The zero-order valence-electron chi connectivity index (χ0n) is 11.2. The van der Waals surface area contributed by atoms with Crippen LogP contribution in [0.2, 0.25) is 0 Å². The van der Waals surface area contributed by atoms with Gasteiger partial charge in [-0.2, -0.15) is 0 Å². The van der Waals surface area contributed by atoms with Crippen LogP contribution in [0.15, 0.2) is 36.9 Å². The van der Waals surface area contributed by atoms with Crippen LogP contribution < -0.4 is 5.32 Å². The van der Waals surface area contributed by atoms with Gasteiger partial charge in [-0.1, -0.05) is 18.2 Å². The van der Waals surface area contributed by atoms with Crippen molar-refractivity contribution in [2.24, 2.45) is 0 Å². The Hall–Kier alpha value is -2.30. The summed E-state index contributed by atoms with van der Waals surface area (Å²) in [6.45, 7) is 4.20. The summed E-state index contributed by atoms with van der Waals surface area (Å²) in [6.07, 6.45) is 3.78. The molecule has 5 nitrogen and oxygen atoms in total. The van der Waals surface area contributed by atoms with Crippen molar-refractivity contribution >= 4 is 17.7 Å². The van der Waals surface area contributed by atoms with Gasteiger partial charge in [-0.25, -0.2) is 4.79 Å². The van der Waals surface area contributed by atoms with Gasteiger partial charge in [-0.05, 0) is 30.5 Å². The Bertz CT molecular complexity index is 506. The van der Waals surface area contributed by atoms with E-state index in [4.69, 9.17) is 5.11 Å². The molecule has 2 N–H and O–H groups in total. The molecule has 0 spiro atoms. The molecule has 0 radical (unpaired) electrons. The summed E-state index contributed by atoms with van der Waals surface area (Å²) in [5.41, 5.74) is 1.37. The molecule has 106 valence electrons. The van der Waals surface area contributed by atoms with E-state index in [-0.39, 0.29) is 12.5 Å². The van der Waals surface area contributed by atoms with E-state index in [1.807, 2.05) is 0 Å². The Morgan fingerprint density at radius 1 is 1.35 bits per heavy atom. The van der Waals surface area contributed by atoms with Crippen LogP contribution in [0.5, 0.6) is 0 Å². The zero-order valence-corrected chi connectivity index (χ0v) is 11.2. The average molecular weight is 274 g/mol. The van der Waals surface area contributed by atoms with Crippen molar-refractivity contribution in [1.82, 2.24) is 4.90 Å². The molecular weight excluding hydrogens is 256 g/mol. The van der Waals surface area contributed by atoms with Gasteiger partial charge in [0.1, 0.15) is 0 Å². The number of urea groups is 1. The molecule has 0 heterocycles. The van der Waals surface area contributed by atoms with Gasteiger partial charge in [0.15, 0.2) is 0 Å². The second-order valence-corrected chi connectivity index (χ2v) is 4.87. The molecule has 0 unspecified atom stereocenters. The van der Waals surface area contributed by atoms with Crippen LogP contribution in [0.3, 0.4) is 0 Å². The topological polar surface area (TPSA) is 69.6 Å². The van der Waals surface area contributed by atoms with Crippen LogP contribution in [0.1, 0.15) is 18.4 Å². The Balaban J connectivity index is 1.96. The minimum absolute atomic E-state index is 0.0150. The fraction of sp³-hybridized carbons (Fsp3) is 0.333. The van der Waals surface area contributed by atoms with Crippen molar-refractivity contribution in [3.8, 4) is 0 Å². The first-order valence-electron chi connectivity index (χ1n) is 6.59. The smallest absolute Gasteiger partial charge is 0.322 e. The number of carboxylic acids is 1. The normalized spacial score (nSPS) is 13.6. The molecule has 0 aliphatic heterocycles. The van der Waals surface area contributed by atoms with E-state index in [2.05, 4.69) is 11.9 Å². The lowest BCUT2D eigenvalue weighted by molar-refractivity contribution is -0.136. The summed E-state index contributed by atoms with van der Waals surface area (Å²) in [7, 11) is 0. The quantitative estimate of drug-likeness (QED) is 0.783. The van der Waals surface area contributed by atoms with Crippen molar-refractivity contribution in [2.45, 2.75) is 25.3 Å². The highest BCUT2D eigenvalue weighted by molar-refractivity contribution is 5.89. The molecule has 1 saturated carbocycles. The highest BCUT2D eigenvalue weighted by atomic mass is 16.4. The number of aliphatic carboxylic acids is 1. The Kier molecular flexibility index (Phi) is 4.40. The van der Waals surface area contributed by atoms with Gasteiger partial charge >= 0.3 is 12.0 Å². The largest absolute Gasteiger partial charge is 0.481 e. The highest BCUT2D eigenvalue weighted by Gasteiger charge is 2.31. The van der Waals surface area contributed by atoms with Crippen LogP contribution in [-0.4, -0.2) is 34.6 Å². The number of carboxylic acid groups (broad SMARTS) is 1. The second-order valence-electron chi connectivity index (χ2n) is 4.87. The summed E-state index contributed by atoms with van der Waals surface area (Å²) in [5.74, 6) is -0.868. The first-order valence-corrected chi connectivity index (χ1v) is 6.59. The van der Waals surface area contributed by atoms with E-state index >= 15 is 0 Å². The van der Waals surface area contributed by atoms with Crippen LogP contribution in [0.25, 0.3) is 0 Å². The number of rotatable bonds is 6. The number of nitrogens with one attached hydrogen (secondary N) is 1. The molecule has 1 aliphatic rings. The number of carbonyl (C=O) groups excluding carboxylic acids is 1. The summed E-state index contributed by atoms with van der Waals surface area (Å²) in [6, 6.07) is 7.03. The van der Waals surface area contributed by atoms with E-state index < -0.39 is 5.97 Å². The summed E-state index contributed by atoms with van der Waals surface area (Å²) in [4.78, 5) is 24.5. The van der Waals surface area contributed by atoms with Crippen molar-refractivity contribution in [3.63, 3.8) is 0 Å². The molecule has 0 bridgehead atoms. The fourth-order valence-corrected chi connectivity index (χ4v) is 2.00. The molecule has 1 fully saturated rings. The minimum atomic E-state index is -0.868. The predicted octanol–water partition coefficient (Wildman–Crippen LogP) is 2.50. The van der Waals surface area contributed by atoms with E-state index in [9.17, 15) is 9.59 Å². The molecule has 2 amide bonds. The van der Waals surface area contributed by atoms with Crippen LogP contribution in [0.4, 0.5) is 10.5 Å². The van der Waals surface area contributed by atoms with Crippen LogP contribution >= 0.6 is 0 Å². The van der Waals surface area contributed by atoms with E-state index in [1.54, 1.807) is 35.2 Å². The maximum Gasteiger partial charge on any atom is 0.322 e. The molecule has 0 saturated heterocycles. The van der Waals surface area contributed by atoms with Crippen molar-refractivity contribution in [1.29, 1.82) is 0 Å². The Labute approximate surface area is 117 Å². The lowest BCUT2D eigenvalue weighted by Crippen LogP contribution is -2.36. The minimum Gasteiger partial charge on any atom is -0.481 e. The van der Waals surface area contributed by atoms with Gasteiger partial charge in [0.25, 0.3) is 0 Å². The number of benzene rings is 1. The standard InChI is InChI=1S/C15H18N2O3/c1-2-9-17(13-7-8-13)15(20)16-12-5-3-11(4-6-12)10-14(18)19/h2-6,13H,1,7-10H2,(H,16,20)(H,18,19). The monoisotopic (exact) mass is 274 g/mol. The highest BCUT2D eigenvalue weighted by Crippen LogP contribution is 2.27. The van der Waals surface area contributed by atoms with E-state index in [0.29, 0.717) is 23.8 Å². The Morgan fingerprint density at radius 3 is 2.50 bits per heavy atom. The molecule has 0 atom stereocenters. The predicted molar refractivity (Wildman–Crippen MR) is 76.7 cm³/mol. The van der Waals surface area contributed by atoms with Gasteiger partial charge in [-0.3, -0.25) is 4.79 Å². The van der Waals surface area contributed by atoms with Crippen LogP contribution in [-0.2, 0) is 11.2 Å². The summed E-state index contributed by atoms with van der Waals surface area (Å²) >= 11 is 0. The van der Waals surface area contributed by atoms with Gasteiger partial charge in [0.2, 0.25) is 0 Å². The molecule has 5 heteroatoms. The van der Waals surface area contributed by atoms with Crippen molar-refractivity contribution in [2.75, 3.05) is 11.9 Å². The first kappa shape index (κ1) is 14.1. The molecule has 1 aromatic carbocycles. The number of nitrogens with zero attached hydrogens (tertiary/aromatic N) is 1. The van der Waals surface area contributed by atoms with Crippen LogP contribution in [0, 0.1) is 0 Å². The zero-order chi connectivity index (χ0) is 14.5. The maximum atomic E-state index is 12.1. The third-order valence-corrected chi connectivity index (χ3v) is 3.13. The van der Waals surface area contributed by atoms with Gasteiger partial charge in [0, 0.05) is 18.3 Å². The van der Waals surface area contributed by atoms with Crippen molar-refractivity contribution < 1.29 is 14.7 Å². The lowest BCUT2D eigenvalue weighted by atomic mass is 10.1. The fourth-order valence-electron chi connectivity index (χ4n) is 2.00. The van der Waals surface area contributed by atoms with Gasteiger partial charge < -0.3 is 15.3 Å². The van der Waals surface area contributed by atoms with Gasteiger partial charge in [-0.15, -0.1) is 6.58 Å². The molecule has 1 aliphatic carbocycles. The molecule has 0 aromatic heterocycles. The number of carbonyl (C=O) groups is 2. The maximum absolute atomic E-state index is 12.1. The summed E-state index contributed by atoms with van der Waals surface area (Å²) < 4.78 is 0. The molecule has 20 heavy (non-hydrogen) atoms. The second kappa shape index (κ2) is 6.23. The number of amides is 2. The molecular formula is C15H18N2O3. The number of hydrogen-bond donors (Lipinski definition) is 2. The van der Waals surface area contributed by atoms with E-state index in [1.165, 1.54) is 0 Å². The molecule has 1 aromatic rings. The SMILES string of the molecule is C=CCN(C(=O)Nc1ccc(CC(=O)O)cc1)C1CC1. The third kappa shape index (κ3) is 3.85.